The second-order valence-electron chi connectivity index (χ2n) is 6.62. The normalized spacial score (nSPS) is 13.5. The third kappa shape index (κ3) is 3.71. The van der Waals surface area contributed by atoms with Crippen molar-refractivity contribution in [1.29, 1.82) is 0 Å². The van der Waals surface area contributed by atoms with Gasteiger partial charge in [-0.3, -0.25) is 24.0 Å². The summed E-state index contributed by atoms with van der Waals surface area (Å²) in [7, 11) is 1.43. The van der Waals surface area contributed by atoms with E-state index in [1.807, 2.05) is 6.92 Å². The number of aromatic nitrogens is 2. The lowest BCUT2D eigenvalue weighted by molar-refractivity contribution is -0.111. The smallest absolute Gasteiger partial charge is 0.261 e. The van der Waals surface area contributed by atoms with Crippen molar-refractivity contribution in [3.05, 3.63) is 51.8 Å². The summed E-state index contributed by atoms with van der Waals surface area (Å²) in [4.78, 5) is 37.3. The van der Waals surface area contributed by atoms with Crippen LogP contribution < -0.4 is 5.32 Å². The van der Waals surface area contributed by atoms with Crippen LogP contribution in [0.5, 0.6) is 0 Å². The number of hydrogen-bond acceptors (Lipinski definition) is 4. The maximum Gasteiger partial charge on any atom is 0.261 e. The lowest BCUT2D eigenvalue weighted by Gasteiger charge is -2.04. The van der Waals surface area contributed by atoms with Gasteiger partial charge in [0.15, 0.2) is 0 Å². The van der Waals surface area contributed by atoms with Crippen LogP contribution in [0.25, 0.3) is 6.08 Å². The van der Waals surface area contributed by atoms with Gasteiger partial charge in [0.2, 0.25) is 5.91 Å². The second-order valence-corrected chi connectivity index (χ2v) is 6.98. The van der Waals surface area contributed by atoms with Crippen LogP contribution in [0, 0.1) is 6.92 Å². The summed E-state index contributed by atoms with van der Waals surface area (Å²) in [5.74, 6) is -1.10. The summed E-state index contributed by atoms with van der Waals surface area (Å²) in [6, 6.07) is 4.64. The number of aryl methyl sites for hydroxylation is 2. The Labute approximate surface area is 168 Å². The van der Waals surface area contributed by atoms with Crippen molar-refractivity contribution in [2.75, 3.05) is 12.4 Å². The number of fused-ring (bicyclic) bond motifs is 1. The third-order valence-corrected chi connectivity index (χ3v) is 4.99. The van der Waals surface area contributed by atoms with Crippen molar-refractivity contribution in [2.24, 2.45) is 0 Å². The minimum absolute atomic E-state index is 0.283. The summed E-state index contributed by atoms with van der Waals surface area (Å²) in [5, 5.41) is 7.59. The monoisotopic (exact) mass is 400 g/mol. The molecule has 0 saturated carbocycles. The molecule has 1 aliphatic heterocycles. The third-order valence-electron chi connectivity index (χ3n) is 4.59. The Morgan fingerprint density at radius 2 is 1.96 bits per heavy atom. The number of imide groups is 1. The van der Waals surface area contributed by atoms with Gasteiger partial charge in [0, 0.05) is 30.9 Å². The highest BCUT2D eigenvalue weighted by Crippen LogP contribution is 2.25. The molecule has 0 aliphatic carbocycles. The van der Waals surface area contributed by atoms with Crippen molar-refractivity contribution >= 4 is 41.1 Å². The lowest BCUT2D eigenvalue weighted by Crippen LogP contribution is -2.24. The molecule has 2 aromatic rings. The fraction of sp³-hybridized carbons (Fsp3) is 0.300. The number of unbranched alkanes of at least 4 members (excludes halogenated alkanes) is 1. The Morgan fingerprint density at radius 3 is 2.68 bits per heavy atom. The van der Waals surface area contributed by atoms with Gasteiger partial charge in [0.1, 0.15) is 5.15 Å². The first kappa shape index (κ1) is 19.8. The Bertz CT molecular complexity index is 994. The number of carbonyl (C=O) groups is 3. The molecule has 146 valence electrons. The molecule has 0 atom stereocenters. The Hall–Kier alpha value is -2.93. The highest BCUT2D eigenvalue weighted by molar-refractivity contribution is 6.31. The summed E-state index contributed by atoms with van der Waals surface area (Å²) in [6.45, 7) is 4.66. The molecule has 0 fully saturated rings. The molecular weight excluding hydrogens is 380 g/mol. The molecule has 1 aromatic heterocycles. The molecule has 1 aromatic carbocycles. The van der Waals surface area contributed by atoms with Gasteiger partial charge in [-0.25, -0.2) is 0 Å². The Morgan fingerprint density at radius 1 is 1.25 bits per heavy atom. The largest absolute Gasteiger partial charge is 0.322 e. The average molecular weight is 401 g/mol. The van der Waals surface area contributed by atoms with Crippen LogP contribution in [0.2, 0.25) is 5.15 Å². The van der Waals surface area contributed by atoms with Crippen molar-refractivity contribution in [3.8, 4) is 0 Å². The predicted molar refractivity (Wildman–Crippen MR) is 107 cm³/mol. The van der Waals surface area contributed by atoms with Crippen LogP contribution in [-0.2, 0) is 11.3 Å². The van der Waals surface area contributed by atoms with E-state index in [9.17, 15) is 14.4 Å². The molecule has 1 aliphatic rings. The SMILES string of the molecule is CCCCn1nc(C)c(/C=C/C(=O)Nc2ccc3c(c2)C(=O)N(C)C3=O)c1Cl. The summed E-state index contributed by atoms with van der Waals surface area (Å²) >= 11 is 6.36. The minimum Gasteiger partial charge on any atom is -0.322 e. The van der Waals surface area contributed by atoms with Gasteiger partial charge in [-0.15, -0.1) is 0 Å². The average Bonchev–Trinajstić information content (AvgIpc) is 3.06. The zero-order valence-electron chi connectivity index (χ0n) is 16.0. The van der Waals surface area contributed by atoms with Gasteiger partial charge in [-0.1, -0.05) is 24.9 Å². The van der Waals surface area contributed by atoms with Crippen LogP contribution >= 0.6 is 11.6 Å². The van der Waals surface area contributed by atoms with Crippen LogP contribution in [0.1, 0.15) is 51.7 Å². The van der Waals surface area contributed by atoms with E-state index in [1.54, 1.807) is 16.8 Å². The first-order chi connectivity index (χ1) is 13.3. The maximum absolute atomic E-state index is 12.3. The van der Waals surface area contributed by atoms with E-state index in [1.165, 1.54) is 25.3 Å². The number of nitrogens with one attached hydrogen (secondary N) is 1. The van der Waals surface area contributed by atoms with Crippen molar-refractivity contribution in [1.82, 2.24) is 14.7 Å². The number of rotatable bonds is 6. The lowest BCUT2D eigenvalue weighted by atomic mass is 10.1. The molecular formula is C20H21ClN4O3. The summed E-state index contributed by atoms with van der Waals surface area (Å²) in [5.41, 5.74) is 2.50. The van der Waals surface area contributed by atoms with E-state index in [4.69, 9.17) is 11.6 Å². The van der Waals surface area contributed by atoms with E-state index in [0.29, 0.717) is 22.0 Å². The number of hydrogen-bond donors (Lipinski definition) is 1. The second kappa shape index (κ2) is 7.98. The zero-order chi connectivity index (χ0) is 20.4. The Balaban J connectivity index is 1.73. The van der Waals surface area contributed by atoms with Crippen LogP contribution in [-0.4, -0.2) is 39.4 Å². The topological polar surface area (TPSA) is 84.3 Å². The number of benzene rings is 1. The number of carbonyl (C=O) groups excluding carboxylic acids is 3. The van der Waals surface area contributed by atoms with E-state index in [2.05, 4.69) is 17.3 Å². The standard InChI is InChI=1S/C20H21ClN4O3/c1-4-5-10-25-18(21)14(12(2)23-25)8-9-17(26)22-13-6-7-15-16(11-13)20(28)24(3)19(15)27/h6-9,11H,4-5,10H2,1-3H3,(H,22,26)/b9-8+. The van der Waals surface area contributed by atoms with E-state index in [-0.39, 0.29) is 23.3 Å². The number of nitrogens with zero attached hydrogens (tertiary/aromatic N) is 3. The molecule has 0 bridgehead atoms. The molecule has 3 rings (SSSR count). The predicted octanol–water partition coefficient (Wildman–Crippen LogP) is 3.52. The van der Waals surface area contributed by atoms with Gasteiger partial charge >= 0.3 is 0 Å². The van der Waals surface area contributed by atoms with Gasteiger partial charge in [0.25, 0.3) is 11.8 Å². The highest BCUT2D eigenvalue weighted by Gasteiger charge is 2.32. The molecule has 2 heterocycles. The van der Waals surface area contributed by atoms with Gasteiger partial charge < -0.3 is 5.32 Å². The van der Waals surface area contributed by atoms with Gasteiger partial charge in [-0.05, 0) is 37.6 Å². The quantitative estimate of drug-likeness (QED) is 0.593. The first-order valence-electron chi connectivity index (χ1n) is 9.02. The fourth-order valence-electron chi connectivity index (χ4n) is 2.99. The minimum atomic E-state index is -0.381. The van der Waals surface area contributed by atoms with E-state index >= 15 is 0 Å². The molecule has 0 radical (unpaired) electrons. The fourth-order valence-corrected chi connectivity index (χ4v) is 3.32. The van der Waals surface area contributed by atoms with Crippen LogP contribution in [0.15, 0.2) is 24.3 Å². The molecule has 0 unspecified atom stereocenters. The van der Waals surface area contributed by atoms with E-state index < -0.39 is 0 Å². The maximum atomic E-state index is 12.3. The molecule has 1 N–H and O–H groups in total. The Kier molecular flexibility index (Phi) is 5.65. The summed E-state index contributed by atoms with van der Waals surface area (Å²) < 4.78 is 1.73. The molecule has 8 heteroatoms. The van der Waals surface area contributed by atoms with Crippen molar-refractivity contribution in [2.45, 2.75) is 33.2 Å². The first-order valence-corrected chi connectivity index (χ1v) is 9.39. The van der Waals surface area contributed by atoms with Gasteiger partial charge in [-0.2, -0.15) is 5.10 Å². The van der Waals surface area contributed by atoms with Crippen molar-refractivity contribution < 1.29 is 14.4 Å². The summed E-state index contributed by atoms with van der Waals surface area (Å²) in [6.07, 6.45) is 5.00. The molecule has 0 saturated heterocycles. The van der Waals surface area contributed by atoms with E-state index in [0.717, 1.165) is 30.0 Å². The number of halogens is 1. The molecule has 28 heavy (non-hydrogen) atoms. The number of anilines is 1. The molecule has 0 spiro atoms. The zero-order valence-corrected chi connectivity index (χ0v) is 16.7. The number of amides is 3. The highest BCUT2D eigenvalue weighted by atomic mass is 35.5. The van der Waals surface area contributed by atoms with Gasteiger partial charge in [0.05, 0.1) is 16.8 Å². The molecule has 3 amide bonds. The molecule has 7 nitrogen and oxygen atoms in total. The van der Waals surface area contributed by atoms with Crippen molar-refractivity contribution in [3.63, 3.8) is 0 Å². The van der Waals surface area contributed by atoms with Crippen LogP contribution in [0.4, 0.5) is 5.69 Å². The van der Waals surface area contributed by atoms with Crippen LogP contribution in [0.3, 0.4) is 0 Å².